The van der Waals surface area contributed by atoms with Gasteiger partial charge in [-0.15, -0.1) is 6.58 Å². The van der Waals surface area contributed by atoms with E-state index in [1.807, 2.05) is 6.08 Å². The van der Waals surface area contributed by atoms with Crippen LogP contribution in [0.15, 0.2) is 17.6 Å². The van der Waals surface area contributed by atoms with E-state index in [9.17, 15) is 0 Å². The van der Waals surface area contributed by atoms with E-state index < -0.39 is 0 Å². The lowest BCUT2D eigenvalue weighted by molar-refractivity contribution is 0.214. The zero-order valence-corrected chi connectivity index (χ0v) is 15.0. The summed E-state index contributed by atoms with van der Waals surface area (Å²) in [6.07, 6.45) is 9.51. The molecule has 0 aromatic carbocycles. The van der Waals surface area contributed by atoms with Crippen LogP contribution in [0.5, 0.6) is 0 Å². The van der Waals surface area contributed by atoms with Crippen molar-refractivity contribution in [2.24, 2.45) is 10.9 Å². The number of aliphatic imine (C=N–C) groups is 1. The number of nitrogens with zero attached hydrogens (tertiary/aromatic N) is 3. The minimum atomic E-state index is 0.716. The van der Waals surface area contributed by atoms with Crippen molar-refractivity contribution >= 4 is 5.96 Å². The maximum absolute atomic E-state index is 4.88. The average molecular weight is 309 g/mol. The molecule has 1 fully saturated rings. The van der Waals surface area contributed by atoms with Crippen LogP contribution < -0.4 is 5.32 Å². The third-order valence-corrected chi connectivity index (χ3v) is 4.32. The molecule has 0 aliphatic carbocycles. The van der Waals surface area contributed by atoms with E-state index in [1.54, 1.807) is 0 Å². The number of unbranched alkanes of at least 4 members (excludes halogenated alkanes) is 3. The lowest BCUT2D eigenvalue weighted by atomic mass is 9.99. The van der Waals surface area contributed by atoms with Gasteiger partial charge in [-0.25, -0.2) is 0 Å². The highest BCUT2D eigenvalue weighted by Gasteiger charge is 2.17. The number of hydrogen-bond donors (Lipinski definition) is 1. The van der Waals surface area contributed by atoms with Gasteiger partial charge in [0.1, 0.15) is 0 Å². The second-order valence-corrected chi connectivity index (χ2v) is 6.52. The molecular formula is C18H36N4. The van der Waals surface area contributed by atoms with Gasteiger partial charge in [-0.05, 0) is 58.5 Å². The van der Waals surface area contributed by atoms with Crippen molar-refractivity contribution in [1.29, 1.82) is 0 Å². The molecule has 0 saturated carbocycles. The Kier molecular flexibility index (Phi) is 9.96. The Labute approximate surface area is 137 Å². The lowest BCUT2D eigenvalue weighted by Crippen LogP contribution is -2.40. The quantitative estimate of drug-likeness (QED) is 0.307. The summed E-state index contributed by atoms with van der Waals surface area (Å²) in [6.45, 7) is 11.3. The molecule has 128 valence electrons. The minimum Gasteiger partial charge on any atom is -0.357 e. The fraction of sp³-hybridized carbons (Fsp3) is 0.833. The highest BCUT2D eigenvalue weighted by Crippen LogP contribution is 2.15. The highest BCUT2D eigenvalue weighted by atomic mass is 15.3. The number of piperidine rings is 1. The van der Waals surface area contributed by atoms with Gasteiger partial charge in [-0.1, -0.05) is 12.5 Å². The summed E-state index contributed by atoms with van der Waals surface area (Å²) in [5.41, 5.74) is 0. The van der Waals surface area contributed by atoms with Gasteiger partial charge in [-0.3, -0.25) is 4.99 Å². The number of guanidine groups is 1. The predicted octanol–water partition coefficient (Wildman–Crippen LogP) is 2.97. The Morgan fingerprint density at radius 3 is 2.91 bits per heavy atom. The smallest absolute Gasteiger partial charge is 0.193 e. The van der Waals surface area contributed by atoms with Crippen LogP contribution in [-0.2, 0) is 0 Å². The van der Waals surface area contributed by atoms with Crippen molar-refractivity contribution in [3.05, 3.63) is 12.7 Å². The number of nitrogens with one attached hydrogen (secondary N) is 1. The molecule has 4 nitrogen and oxygen atoms in total. The van der Waals surface area contributed by atoms with E-state index in [1.165, 1.54) is 45.2 Å². The molecule has 1 unspecified atom stereocenters. The molecule has 22 heavy (non-hydrogen) atoms. The van der Waals surface area contributed by atoms with Crippen LogP contribution in [0.3, 0.4) is 0 Å². The zero-order valence-electron chi connectivity index (χ0n) is 15.0. The maximum atomic E-state index is 4.88. The third kappa shape index (κ3) is 7.83. The summed E-state index contributed by atoms with van der Waals surface area (Å²) in [6, 6.07) is 0. The van der Waals surface area contributed by atoms with E-state index in [0.717, 1.165) is 32.0 Å². The van der Waals surface area contributed by atoms with E-state index in [4.69, 9.17) is 4.99 Å². The molecule has 0 spiro atoms. The third-order valence-electron chi connectivity index (χ3n) is 4.32. The van der Waals surface area contributed by atoms with E-state index in [0.29, 0.717) is 5.92 Å². The minimum absolute atomic E-state index is 0.716. The zero-order chi connectivity index (χ0) is 16.2. The summed E-state index contributed by atoms with van der Waals surface area (Å²) in [4.78, 5) is 9.59. The Morgan fingerprint density at radius 1 is 1.41 bits per heavy atom. The van der Waals surface area contributed by atoms with Gasteiger partial charge >= 0.3 is 0 Å². The van der Waals surface area contributed by atoms with Gasteiger partial charge in [0.2, 0.25) is 0 Å². The molecule has 1 rings (SSSR count). The Hall–Kier alpha value is -1.03. The molecule has 1 N–H and O–H groups in total. The summed E-state index contributed by atoms with van der Waals surface area (Å²) in [5, 5.41) is 3.43. The van der Waals surface area contributed by atoms with Crippen LogP contribution in [-0.4, -0.2) is 62.6 Å². The number of hydrogen-bond acceptors (Lipinski definition) is 2. The van der Waals surface area contributed by atoms with Crippen LogP contribution in [0.25, 0.3) is 0 Å². The number of allylic oxidation sites excluding steroid dienone is 1. The second kappa shape index (κ2) is 11.5. The van der Waals surface area contributed by atoms with E-state index >= 15 is 0 Å². The summed E-state index contributed by atoms with van der Waals surface area (Å²) >= 11 is 0. The van der Waals surface area contributed by atoms with Crippen molar-refractivity contribution in [2.45, 2.75) is 45.4 Å². The molecule has 0 bridgehead atoms. The van der Waals surface area contributed by atoms with Gasteiger partial charge in [0, 0.05) is 33.2 Å². The SMILES string of the molecule is C=CCCCCCN(C)C(=NCC1CCCN(C)C1)NCC. The molecule has 4 heteroatoms. The van der Waals surface area contributed by atoms with Gasteiger partial charge in [-0.2, -0.15) is 0 Å². The van der Waals surface area contributed by atoms with Crippen molar-refractivity contribution in [1.82, 2.24) is 15.1 Å². The van der Waals surface area contributed by atoms with E-state index in [2.05, 4.69) is 42.7 Å². The molecule has 0 radical (unpaired) electrons. The first-order valence-corrected chi connectivity index (χ1v) is 8.96. The normalized spacial score (nSPS) is 20.0. The highest BCUT2D eigenvalue weighted by molar-refractivity contribution is 5.79. The maximum Gasteiger partial charge on any atom is 0.193 e. The molecule has 1 atom stereocenters. The largest absolute Gasteiger partial charge is 0.357 e. The summed E-state index contributed by atoms with van der Waals surface area (Å²) in [5.74, 6) is 1.79. The Balaban J connectivity index is 2.37. The van der Waals surface area contributed by atoms with Crippen LogP contribution >= 0.6 is 0 Å². The fourth-order valence-corrected chi connectivity index (χ4v) is 3.03. The average Bonchev–Trinajstić information content (AvgIpc) is 2.51. The standard InChI is InChI=1S/C18H36N4/c1-5-7-8-9-10-14-22(4)18(19-6-2)20-15-17-12-11-13-21(3)16-17/h5,17H,1,6-16H2,2-4H3,(H,19,20). The molecule has 0 aromatic heterocycles. The predicted molar refractivity (Wildman–Crippen MR) is 97.5 cm³/mol. The van der Waals surface area contributed by atoms with Gasteiger partial charge in [0.25, 0.3) is 0 Å². The fourth-order valence-electron chi connectivity index (χ4n) is 3.03. The van der Waals surface area contributed by atoms with Gasteiger partial charge in [0.05, 0.1) is 0 Å². The van der Waals surface area contributed by atoms with Crippen molar-refractivity contribution in [2.75, 3.05) is 46.8 Å². The Bertz CT molecular complexity index is 327. The van der Waals surface area contributed by atoms with Gasteiger partial charge < -0.3 is 15.1 Å². The summed E-state index contributed by atoms with van der Waals surface area (Å²) in [7, 11) is 4.37. The number of likely N-dealkylation sites (tertiary alicyclic amines) is 1. The molecule has 0 aromatic rings. The lowest BCUT2D eigenvalue weighted by Gasteiger charge is -2.29. The second-order valence-electron chi connectivity index (χ2n) is 6.52. The van der Waals surface area contributed by atoms with Gasteiger partial charge in [0.15, 0.2) is 5.96 Å². The van der Waals surface area contributed by atoms with E-state index in [-0.39, 0.29) is 0 Å². The molecule has 1 saturated heterocycles. The Morgan fingerprint density at radius 2 is 2.23 bits per heavy atom. The van der Waals surface area contributed by atoms with Crippen LogP contribution in [0.2, 0.25) is 0 Å². The number of rotatable bonds is 9. The molecule has 1 heterocycles. The van der Waals surface area contributed by atoms with Crippen LogP contribution in [0.1, 0.15) is 45.4 Å². The topological polar surface area (TPSA) is 30.9 Å². The van der Waals surface area contributed by atoms with Crippen molar-refractivity contribution in [3.8, 4) is 0 Å². The first kappa shape index (κ1) is 19.0. The summed E-state index contributed by atoms with van der Waals surface area (Å²) < 4.78 is 0. The molecular weight excluding hydrogens is 272 g/mol. The van der Waals surface area contributed by atoms with Crippen LogP contribution in [0, 0.1) is 5.92 Å². The first-order chi connectivity index (χ1) is 10.7. The van der Waals surface area contributed by atoms with Crippen LogP contribution in [0.4, 0.5) is 0 Å². The first-order valence-electron chi connectivity index (χ1n) is 8.96. The van der Waals surface area contributed by atoms with Crippen molar-refractivity contribution < 1.29 is 0 Å². The monoisotopic (exact) mass is 308 g/mol. The molecule has 0 amide bonds. The molecule has 1 aliphatic heterocycles. The molecule has 1 aliphatic rings. The van der Waals surface area contributed by atoms with Crippen molar-refractivity contribution in [3.63, 3.8) is 0 Å².